The molecule has 3 aromatic rings. The molecule has 1 aromatic heterocycles. The van der Waals surface area contributed by atoms with E-state index in [1.165, 1.54) is 0 Å². The highest BCUT2D eigenvalue weighted by Gasteiger charge is 2.10. The number of halogens is 1. The van der Waals surface area contributed by atoms with E-state index in [9.17, 15) is 4.79 Å². The van der Waals surface area contributed by atoms with Crippen molar-refractivity contribution < 1.29 is 9.21 Å². The zero-order chi connectivity index (χ0) is 15.5. The molecule has 110 valence electrons. The lowest BCUT2D eigenvalue weighted by Gasteiger charge is -2.07. The first-order valence-electron chi connectivity index (χ1n) is 6.60. The number of rotatable bonds is 3. The Labute approximate surface area is 131 Å². The Morgan fingerprint density at radius 2 is 1.82 bits per heavy atom. The average Bonchev–Trinajstić information content (AvgIpc) is 2.96. The van der Waals surface area contributed by atoms with Crippen LogP contribution in [0.25, 0.3) is 11.5 Å². The standard InChI is InChI=1S/C16H12ClN3O2/c1-10-19-20-16(22-10)12-8-6-11(7-9-12)15(21)18-14-5-3-2-4-13(14)17/h2-9H,1H3,(H,18,21). The number of nitrogens with one attached hydrogen (secondary N) is 1. The molecule has 0 saturated carbocycles. The maximum absolute atomic E-state index is 12.2. The highest BCUT2D eigenvalue weighted by molar-refractivity contribution is 6.33. The summed E-state index contributed by atoms with van der Waals surface area (Å²) in [6.07, 6.45) is 0. The maximum Gasteiger partial charge on any atom is 0.255 e. The van der Waals surface area contributed by atoms with E-state index in [2.05, 4.69) is 15.5 Å². The van der Waals surface area contributed by atoms with Crippen LogP contribution in [-0.4, -0.2) is 16.1 Å². The Hall–Kier alpha value is -2.66. The van der Waals surface area contributed by atoms with Crippen LogP contribution in [0.4, 0.5) is 5.69 Å². The first-order valence-corrected chi connectivity index (χ1v) is 6.98. The smallest absolute Gasteiger partial charge is 0.255 e. The highest BCUT2D eigenvalue weighted by Crippen LogP contribution is 2.22. The molecule has 0 radical (unpaired) electrons. The molecule has 0 bridgehead atoms. The first kappa shape index (κ1) is 14.3. The first-order chi connectivity index (χ1) is 10.6. The van der Waals surface area contributed by atoms with Gasteiger partial charge in [0.25, 0.3) is 5.91 Å². The monoisotopic (exact) mass is 313 g/mol. The maximum atomic E-state index is 12.2. The van der Waals surface area contributed by atoms with Crippen molar-refractivity contribution in [1.29, 1.82) is 0 Å². The lowest BCUT2D eigenvalue weighted by Crippen LogP contribution is -2.11. The molecule has 5 nitrogen and oxygen atoms in total. The lowest BCUT2D eigenvalue weighted by molar-refractivity contribution is 0.102. The predicted molar refractivity (Wildman–Crippen MR) is 83.9 cm³/mol. The second kappa shape index (κ2) is 5.99. The summed E-state index contributed by atoms with van der Waals surface area (Å²) in [6.45, 7) is 1.72. The molecule has 0 atom stereocenters. The third kappa shape index (κ3) is 2.99. The van der Waals surface area contributed by atoms with Gasteiger partial charge >= 0.3 is 0 Å². The second-order valence-electron chi connectivity index (χ2n) is 4.64. The molecule has 2 aromatic carbocycles. The number of para-hydroxylation sites is 1. The van der Waals surface area contributed by atoms with Crippen molar-refractivity contribution in [2.24, 2.45) is 0 Å². The van der Waals surface area contributed by atoms with E-state index in [0.29, 0.717) is 28.1 Å². The summed E-state index contributed by atoms with van der Waals surface area (Å²) in [4.78, 5) is 12.2. The van der Waals surface area contributed by atoms with Gasteiger partial charge in [0.1, 0.15) is 0 Å². The number of hydrogen-bond donors (Lipinski definition) is 1. The summed E-state index contributed by atoms with van der Waals surface area (Å²) in [6, 6.07) is 14.0. The summed E-state index contributed by atoms with van der Waals surface area (Å²) < 4.78 is 5.34. The molecule has 0 saturated heterocycles. The number of carbonyl (C=O) groups is 1. The third-order valence-electron chi connectivity index (χ3n) is 3.04. The number of carbonyl (C=O) groups excluding carboxylic acids is 1. The number of anilines is 1. The number of aromatic nitrogens is 2. The van der Waals surface area contributed by atoms with Gasteiger partial charge in [-0.05, 0) is 36.4 Å². The van der Waals surface area contributed by atoms with Crippen LogP contribution in [-0.2, 0) is 0 Å². The minimum atomic E-state index is -0.235. The molecule has 1 heterocycles. The van der Waals surface area contributed by atoms with Gasteiger partial charge in [-0.3, -0.25) is 4.79 Å². The van der Waals surface area contributed by atoms with E-state index in [1.54, 1.807) is 49.4 Å². The van der Waals surface area contributed by atoms with E-state index in [0.717, 1.165) is 5.56 Å². The summed E-state index contributed by atoms with van der Waals surface area (Å²) in [5.74, 6) is 0.687. The predicted octanol–water partition coefficient (Wildman–Crippen LogP) is 3.95. The van der Waals surface area contributed by atoms with Crippen LogP contribution >= 0.6 is 11.6 Å². The van der Waals surface area contributed by atoms with Crippen LogP contribution in [0.5, 0.6) is 0 Å². The number of benzene rings is 2. The normalized spacial score (nSPS) is 10.5. The number of aryl methyl sites for hydroxylation is 1. The fraction of sp³-hybridized carbons (Fsp3) is 0.0625. The van der Waals surface area contributed by atoms with Crippen LogP contribution in [0.15, 0.2) is 52.9 Å². The molecular weight excluding hydrogens is 302 g/mol. The van der Waals surface area contributed by atoms with Crippen molar-refractivity contribution in [2.45, 2.75) is 6.92 Å². The van der Waals surface area contributed by atoms with Crippen molar-refractivity contribution >= 4 is 23.2 Å². The Kier molecular flexibility index (Phi) is 3.89. The summed E-state index contributed by atoms with van der Waals surface area (Å²) in [5.41, 5.74) is 1.85. The van der Waals surface area contributed by atoms with Crippen molar-refractivity contribution in [3.63, 3.8) is 0 Å². The van der Waals surface area contributed by atoms with Gasteiger partial charge in [0.05, 0.1) is 10.7 Å². The van der Waals surface area contributed by atoms with Crippen molar-refractivity contribution in [3.8, 4) is 11.5 Å². The molecule has 0 aliphatic carbocycles. The van der Waals surface area contributed by atoms with Crippen molar-refractivity contribution in [2.75, 3.05) is 5.32 Å². The van der Waals surface area contributed by atoms with Crippen LogP contribution in [0.1, 0.15) is 16.2 Å². The minimum absolute atomic E-state index is 0.235. The molecule has 1 N–H and O–H groups in total. The molecule has 1 amide bonds. The SMILES string of the molecule is Cc1nnc(-c2ccc(C(=O)Nc3ccccc3Cl)cc2)o1. The Balaban J connectivity index is 1.78. The van der Waals surface area contributed by atoms with E-state index in [4.69, 9.17) is 16.0 Å². The Morgan fingerprint density at radius 1 is 1.09 bits per heavy atom. The fourth-order valence-electron chi connectivity index (χ4n) is 1.93. The zero-order valence-corrected chi connectivity index (χ0v) is 12.5. The molecule has 0 aliphatic heterocycles. The topological polar surface area (TPSA) is 68.0 Å². The molecule has 3 rings (SSSR count). The van der Waals surface area contributed by atoms with Crippen molar-refractivity contribution in [1.82, 2.24) is 10.2 Å². The highest BCUT2D eigenvalue weighted by atomic mass is 35.5. The van der Waals surface area contributed by atoms with E-state index >= 15 is 0 Å². The van der Waals surface area contributed by atoms with Crippen LogP contribution < -0.4 is 5.32 Å². The minimum Gasteiger partial charge on any atom is -0.421 e. The molecule has 0 aliphatic rings. The number of hydrogen-bond acceptors (Lipinski definition) is 4. The largest absolute Gasteiger partial charge is 0.421 e. The van der Waals surface area contributed by atoms with Crippen molar-refractivity contribution in [3.05, 3.63) is 65.0 Å². The van der Waals surface area contributed by atoms with Gasteiger partial charge in [-0.1, -0.05) is 23.7 Å². The van der Waals surface area contributed by atoms with Crippen LogP contribution in [0.3, 0.4) is 0 Å². The van der Waals surface area contributed by atoms with Gasteiger partial charge in [0.2, 0.25) is 11.8 Å². The van der Waals surface area contributed by atoms with Gasteiger partial charge < -0.3 is 9.73 Å². The van der Waals surface area contributed by atoms with E-state index in [1.807, 2.05) is 6.07 Å². The summed E-state index contributed by atoms with van der Waals surface area (Å²) >= 11 is 6.02. The molecular formula is C16H12ClN3O2. The van der Waals surface area contributed by atoms with Crippen LogP contribution in [0.2, 0.25) is 5.02 Å². The molecule has 6 heteroatoms. The third-order valence-corrected chi connectivity index (χ3v) is 3.37. The number of amides is 1. The van der Waals surface area contributed by atoms with Gasteiger partial charge in [-0.25, -0.2) is 0 Å². The lowest BCUT2D eigenvalue weighted by atomic mass is 10.1. The summed E-state index contributed by atoms with van der Waals surface area (Å²) in [7, 11) is 0. The number of nitrogens with zero attached hydrogens (tertiary/aromatic N) is 2. The van der Waals surface area contributed by atoms with E-state index in [-0.39, 0.29) is 5.91 Å². The van der Waals surface area contributed by atoms with Gasteiger partial charge in [-0.2, -0.15) is 0 Å². The van der Waals surface area contributed by atoms with Crippen LogP contribution in [0, 0.1) is 6.92 Å². The van der Waals surface area contributed by atoms with Gasteiger partial charge in [0.15, 0.2) is 0 Å². The summed E-state index contributed by atoms with van der Waals surface area (Å²) in [5, 5.41) is 11.0. The average molecular weight is 314 g/mol. The Bertz CT molecular complexity index is 812. The fourth-order valence-corrected chi connectivity index (χ4v) is 2.12. The Morgan fingerprint density at radius 3 is 2.45 bits per heavy atom. The second-order valence-corrected chi connectivity index (χ2v) is 5.04. The molecule has 22 heavy (non-hydrogen) atoms. The quantitative estimate of drug-likeness (QED) is 0.795. The molecule has 0 unspecified atom stereocenters. The van der Waals surface area contributed by atoms with Gasteiger partial charge in [0, 0.05) is 18.1 Å². The van der Waals surface area contributed by atoms with E-state index < -0.39 is 0 Å². The van der Waals surface area contributed by atoms with Gasteiger partial charge in [-0.15, -0.1) is 10.2 Å². The molecule has 0 spiro atoms. The molecule has 0 fully saturated rings. The zero-order valence-electron chi connectivity index (χ0n) is 11.7.